The van der Waals surface area contributed by atoms with Gasteiger partial charge in [-0.1, -0.05) is 0 Å². The number of aromatic hydroxyl groups is 1. The van der Waals surface area contributed by atoms with Crippen LogP contribution < -0.4 is 4.74 Å². The van der Waals surface area contributed by atoms with Gasteiger partial charge in [0.15, 0.2) is 0 Å². The summed E-state index contributed by atoms with van der Waals surface area (Å²) in [6.45, 7) is 4.12. The lowest BCUT2D eigenvalue weighted by Crippen LogP contribution is -2.47. The Labute approximate surface area is 114 Å². The standard InChI is InChI=1S/C15H21NO3/c1-10-5-4-6-11(2)16(10)15(18)13-9-12(19-3)7-8-14(13)17/h7-11,17H,4-6H2,1-3H3/t10-,11+. The van der Waals surface area contributed by atoms with Crippen molar-refractivity contribution < 1.29 is 14.6 Å². The van der Waals surface area contributed by atoms with E-state index in [2.05, 4.69) is 13.8 Å². The first-order valence-electron chi connectivity index (χ1n) is 6.74. The van der Waals surface area contributed by atoms with Gasteiger partial charge < -0.3 is 14.7 Å². The first kappa shape index (κ1) is 13.7. The van der Waals surface area contributed by atoms with Crippen LogP contribution in [0.4, 0.5) is 0 Å². The molecular formula is C15H21NO3. The van der Waals surface area contributed by atoms with Crippen molar-refractivity contribution in [3.8, 4) is 11.5 Å². The highest BCUT2D eigenvalue weighted by Gasteiger charge is 2.31. The molecule has 4 nitrogen and oxygen atoms in total. The summed E-state index contributed by atoms with van der Waals surface area (Å²) in [4.78, 5) is 14.5. The Morgan fingerprint density at radius 2 is 1.95 bits per heavy atom. The van der Waals surface area contributed by atoms with Gasteiger partial charge in [0.05, 0.1) is 12.7 Å². The lowest BCUT2D eigenvalue weighted by atomic mass is 9.96. The van der Waals surface area contributed by atoms with E-state index in [1.54, 1.807) is 19.2 Å². The highest BCUT2D eigenvalue weighted by atomic mass is 16.5. The molecule has 1 saturated heterocycles. The summed E-state index contributed by atoms with van der Waals surface area (Å²) in [5.74, 6) is 0.477. The average molecular weight is 263 g/mol. The van der Waals surface area contributed by atoms with Crippen molar-refractivity contribution in [1.82, 2.24) is 4.90 Å². The summed E-state index contributed by atoms with van der Waals surface area (Å²) < 4.78 is 5.12. The Morgan fingerprint density at radius 3 is 2.53 bits per heavy atom. The molecule has 1 aromatic rings. The highest BCUT2D eigenvalue weighted by molar-refractivity contribution is 5.97. The number of rotatable bonds is 2. The van der Waals surface area contributed by atoms with Crippen molar-refractivity contribution >= 4 is 5.91 Å². The van der Waals surface area contributed by atoms with Gasteiger partial charge in [0.1, 0.15) is 11.5 Å². The maximum Gasteiger partial charge on any atom is 0.258 e. The molecule has 1 N–H and O–H groups in total. The number of hydrogen-bond acceptors (Lipinski definition) is 3. The van der Waals surface area contributed by atoms with Gasteiger partial charge in [-0.25, -0.2) is 0 Å². The number of nitrogens with zero attached hydrogens (tertiary/aromatic N) is 1. The third kappa shape index (κ3) is 2.67. The number of phenolic OH excluding ortho intramolecular Hbond substituents is 1. The maximum atomic E-state index is 12.6. The van der Waals surface area contributed by atoms with Gasteiger partial charge >= 0.3 is 0 Å². The lowest BCUT2D eigenvalue weighted by Gasteiger charge is -2.39. The van der Waals surface area contributed by atoms with Crippen LogP contribution in [0.1, 0.15) is 43.5 Å². The second kappa shape index (κ2) is 5.51. The number of methoxy groups -OCH3 is 1. The van der Waals surface area contributed by atoms with Crippen LogP contribution in [-0.2, 0) is 0 Å². The number of amides is 1. The molecule has 2 atom stereocenters. The molecule has 0 aromatic heterocycles. The monoisotopic (exact) mass is 263 g/mol. The van der Waals surface area contributed by atoms with Gasteiger partial charge in [-0.3, -0.25) is 4.79 Å². The number of carbonyl (C=O) groups is 1. The molecule has 0 spiro atoms. The molecule has 19 heavy (non-hydrogen) atoms. The van der Waals surface area contributed by atoms with Crippen LogP contribution in [0.3, 0.4) is 0 Å². The summed E-state index contributed by atoms with van der Waals surface area (Å²) >= 11 is 0. The topological polar surface area (TPSA) is 49.8 Å². The van der Waals surface area contributed by atoms with Crippen LogP contribution in [0.5, 0.6) is 11.5 Å². The number of likely N-dealkylation sites (tertiary alicyclic amines) is 1. The Bertz CT molecular complexity index is 462. The molecule has 0 bridgehead atoms. The van der Waals surface area contributed by atoms with Crippen LogP contribution >= 0.6 is 0 Å². The molecular weight excluding hydrogens is 242 g/mol. The first-order valence-corrected chi connectivity index (χ1v) is 6.74. The van der Waals surface area contributed by atoms with Gasteiger partial charge in [-0.15, -0.1) is 0 Å². The Balaban J connectivity index is 2.32. The molecule has 1 fully saturated rings. The van der Waals surface area contributed by atoms with E-state index >= 15 is 0 Å². The van der Waals surface area contributed by atoms with E-state index in [-0.39, 0.29) is 23.7 Å². The lowest BCUT2D eigenvalue weighted by molar-refractivity contribution is 0.0507. The molecule has 0 aliphatic carbocycles. The van der Waals surface area contributed by atoms with Gasteiger partial charge in [0.25, 0.3) is 5.91 Å². The van der Waals surface area contributed by atoms with Gasteiger partial charge in [0.2, 0.25) is 0 Å². The molecule has 0 unspecified atom stereocenters. The molecule has 0 radical (unpaired) electrons. The molecule has 1 amide bonds. The average Bonchev–Trinajstić information content (AvgIpc) is 2.39. The number of carbonyl (C=O) groups excluding carboxylic acids is 1. The summed E-state index contributed by atoms with van der Waals surface area (Å²) in [6, 6.07) is 5.18. The van der Waals surface area contributed by atoms with Crippen LogP contribution in [-0.4, -0.2) is 35.1 Å². The minimum Gasteiger partial charge on any atom is -0.507 e. The SMILES string of the molecule is COc1ccc(O)c(C(=O)N2[C@H](C)CCC[C@@H]2C)c1. The first-order chi connectivity index (χ1) is 9.04. The predicted molar refractivity (Wildman–Crippen MR) is 73.6 cm³/mol. The van der Waals surface area contributed by atoms with Crippen molar-refractivity contribution in [3.05, 3.63) is 23.8 Å². The van der Waals surface area contributed by atoms with E-state index in [0.717, 1.165) is 19.3 Å². The quantitative estimate of drug-likeness (QED) is 0.892. The van der Waals surface area contributed by atoms with Crippen LogP contribution in [0.2, 0.25) is 0 Å². The fraction of sp³-hybridized carbons (Fsp3) is 0.533. The maximum absolute atomic E-state index is 12.6. The Morgan fingerprint density at radius 1 is 1.32 bits per heavy atom. The molecule has 1 heterocycles. The van der Waals surface area contributed by atoms with E-state index in [0.29, 0.717) is 11.3 Å². The molecule has 2 rings (SSSR count). The minimum atomic E-state index is -0.115. The Kier molecular flexibility index (Phi) is 3.98. The van der Waals surface area contributed by atoms with Crippen molar-refractivity contribution in [2.24, 2.45) is 0 Å². The van der Waals surface area contributed by atoms with E-state index in [4.69, 9.17) is 4.74 Å². The second-order valence-corrected chi connectivity index (χ2v) is 5.22. The van der Waals surface area contributed by atoms with E-state index < -0.39 is 0 Å². The summed E-state index contributed by atoms with van der Waals surface area (Å²) in [5, 5.41) is 9.90. The fourth-order valence-corrected chi connectivity index (χ4v) is 2.77. The third-order valence-electron chi connectivity index (χ3n) is 3.86. The third-order valence-corrected chi connectivity index (χ3v) is 3.86. The normalized spacial score (nSPS) is 23.2. The second-order valence-electron chi connectivity index (χ2n) is 5.22. The zero-order chi connectivity index (χ0) is 14.0. The number of benzene rings is 1. The van der Waals surface area contributed by atoms with Crippen LogP contribution in [0.15, 0.2) is 18.2 Å². The molecule has 4 heteroatoms. The molecule has 104 valence electrons. The van der Waals surface area contributed by atoms with Crippen molar-refractivity contribution in [3.63, 3.8) is 0 Å². The van der Waals surface area contributed by atoms with Crippen molar-refractivity contribution in [2.45, 2.75) is 45.2 Å². The van der Waals surface area contributed by atoms with Crippen molar-refractivity contribution in [1.29, 1.82) is 0 Å². The van der Waals surface area contributed by atoms with Crippen LogP contribution in [0, 0.1) is 0 Å². The Hall–Kier alpha value is -1.71. The zero-order valence-corrected chi connectivity index (χ0v) is 11.7. The van der Waals surface area contributed by atoms with Crippen molar-refractivity contribution in [2.75, 3.05) is 7.11 Å². The molecule has 1 aromatic carbocycles. The van der Waals surface area contributed by atoms with Gasteiger partial charge in [-0.05, 0) is 51.3 Å². The van der Waals surface area contributed by atoms with E-state index in [1.165, 1.54) is 6.07 Å². The number of hydrogen-bond donors (Lipinski definition) is 1. The molecule has 1 aliphatic rings. The summed E-state index contributed by atoms with van der Waals surface area (Å²) in [7, 11) is 1.55. The largest absolute Gasteiger partial charge is 0.507 e. The number of piperidine rings is 1. The predicted octanol–water partition coefficient (Wildman–Crippen LogP) is 2.80. The van der Waals surface area contributed by atoms with Crippen LogP contribution in [0.25, 0.3) is 0 Å². The fourth-order valence-electron chi connectivity index (χ4n) is 2.77. The molecule has 1 aliphatic heterocycles. The number of phenols is 1. The van der Waals surface area contributed by atoms with E-state index in [9.17, 15) is 9.90 Å². The zero-order valence-electron chi connectivity index (χ0n) is 11.7. The van der Waals surface area contributed by atoms with E-state index in [1.807, 2.05) is 4.90 Å². The highest BCUT2D eigenvalue weighted by Crippen LogP contribution is 2.29. The van der Waals surface area contributed by atoms with Gasteiger partial charge in [-0.2, -0.15) is 0 Å². The number of ether oxygens (including phenoxy) is 1. The summed E-state index contributed by atoms with van der Waals surface area (Å²) in [5.41, 5.74) is 0.319. The smallest absolute Gasteiger partial charge is 0.258 e. The minimum absolute atomic E-state index is 0.00998. The van der Waals surface area contributed by atoms with Gasteiger partial charge in [0, 0.05) is 12.1 Å². The summed E-state index contributed by atoms with van der Waals surface area (Å²) in [6.07, 6.45) is 3.18. The molecule has 0 saturated carbocycles.